The summed E-state index contributed by atoms with van der Waals surface area (Å²) >= 11 is 0. The first kappa shape index (κ1) is 34.6. The summed E-state index contributed by atoms with van der Waals surface area (Å²) in [5.41, 5.74) is 3.00. The predicted molar refractivity (Wildman–Crippen MR) is 186 cm³/mol. The third-order valence-electron chi connectivity index (χ3n) is 9.46. The second-order valence-corrected chi connectivity index (χ2v) is 13.4. The predicted octanol–water partition coefficient (Wildman–Crippen LogP) is 1.16. The van der Waals surface area contributed by atoms with E-state index in [2.05, 4.69) is 43.6 Å². The van der Waals surface area contributed by atoms with E-state index in [0.29, 0.717) is 25.1 Å². The first-order valence-electron chi connectivity index (χ1n) is 17.2. The number of hydrogen-bond acceptors (Lipinski definition) is 7. The Morgan fingerprint density at radius 1 is 0.880 bits per heavy atom. The van der Waals surface area contributed by atoms with E-state index in [1.807, 2.05) is 54.6 Å². The van der Waals surface area contributed by atoms with E-state index in [4.69, 9.17) is 4.74 Å². The monoisotopic (exact) mass is 680 g/mol. The molecule has 4 aliphatic rings. The maximum Gasteiger partial charge on any atom is 0.245 e. The van der Waals surface area contributed by atoms with Gasteiger partial charge in [-0.15, -0.1) is 0 Å². The van der Waals surface area contributed by atoms with Crippen LogP contribution in [0.5, 0.6) is 5.75 Å². The van der Waals surface area contributed by atoms with E-state index < -0.39 is 41.4 Å². The van der Waals surface area contributed by atoms with Crippen molar-refractivity contribution in [3.63, 3.8) is 0 Å². The lowest BCUT2D eigenvalue weighted by molar-refractivity contribution is -0.134. The summed E-state index contributed by atoms with van der Waals surface area (Å²) < 4.78 is 5.83. The largest absolute Gasteiger partial charge is 0.492 e. The molecule has 0 saturated heterocycles. The topological polar surface area (TPSA) is 158 Å². The molecule has 3 aliphatic heterocycles. The summed E-state index contributed by atoms with van der Waals surface area (Å²) in [4.78, 5) is 69.4. The number of benzene rings is 3. The van der Waals surface area contributed by atoms with Crippen LogP contribution in [-0.2, 0) is 49.8 Å². The molecule has 0 radical (unpaired) electrons. The summed E-state index contributed by atoms with van der Waals surface area (Å²) in [6, 6.07) is 21.6. The first-order chi connectivity index (χ1) is 24.2. The molecule has 12 heteroatoms. The van der Waals surface area contributed by atoms with Crippen molar-refractivity contribution in [2.75, 3.05) is 26.2 Å². The Bertz CT molecular complexity index is 1710. The zero-order valence-electron chi connectivity index (χ0n) is 28.2. The summed E-state index contributed by atoms with van der Waals surface area (Å²) in [6.45, 7) is 3.46. The Morgan fingerprint density at radius 2 is 1.60 bits per heavy atom. The van der Waals surface area contributed by atoms with E-state index in [1.165, 1.54) is 18.1 Å². The Hall–Kier alpha value is -5.23. The number of ether oxygens (including phenoxy) is 1. The highest BCUT2D eigenvalue weighted by Gasteiger charge is 2.51. The molecule has 1 aliphatic carbocycles. The van der Waals surface area contributed by atoms with Crippen LogP contribution in [0.4, 0.5) is 0 Å². The zero-order chi connectivity index (χ0) is 35.1. The summed E-state index contributed by atoms with van der Waals surface area (Å²) in [5, 5.41) is 14.2. The Morgan fingerprint density at radius 3 is 2.34 bits per heavy atom. The van der Waals surface area contributed by atoms with Crippen molar-refractivity contribution in [1.82, 2.24) is 31.5 Å². The van der Waals surface area contributed by atoms with Gasteiger partial charge in [0.05, 0.1) is 13.1 Å². The van der Waals surface area contributed by atoms with Gasteiger partial charge in [-0.05, 0) is 60.6 Å². The summed E-state index contributed by atoms with van der Waals surface area (Å²) in [5.74, 6) is -1.62. The van der Waals surface area contributed by atoms with Crippen molar-refractivity contribution >= 4 is 29.5 Å². The molecule has 1 spiro atoms. The van der Waals surface area contributed by atoms with Crippen LogP contribution in [0.2, 0.25) is 0 Å². The van der Waals surface area contributed by atoms with Gasteiger partial charge in [0.2, 0.25) is 29.5 Å². The summed E-state index contributed by atoms with van der Waals surface area (Å²) in [6.07, 6.45) is 2.14. The van der Waals surface area contributed by atoms with Gasteiger partial charge in [-0.25, -0.2) is 0 Å². The molecule has 5 amide bonds. The molecule has 1 saturated carbocycles. The molecule has 3 heterocycles. The first-order valence-corrected chi connectivity index (χ1v) is 17.2. The van der Waals surface area contributed by atoms with E-state index in [9.17, 15) is 24.0 Å². The van der Waals surface area contributed by atoms with Gasteiger partial charge in [-0.1, -0.05) is 66.7 Å². The lowest BCUT2D eigenvalue weighted by Crippen LogP contribution is -2.59. The second-order valence-electron chi connectivity index (χ2n) is 13.4. The van der Waals surface area contributed by atoms with Gasteiger partial charge in [0, 0.05) is 25.9 Å². The molecule has 12 nitrogen and oxygen atoms in total. The highest BCUT2D eigenvalue weighted by molar-refractivity contribution is 5.98. The number of hydrogen-bond donors (Lipinski definition) is 5. The normalized spacial score (nSPS) is 22.9. The van der Waals surface area contributed by atoms with Crippen LogP contribution in [-0.4, -0.2) is 84.3 Å². The molecule has 5 N–H and O–H groups in total. The van der Waals surface area contributed by atoms with Crippen molar-refractivity contribution in [2.45, 2.75) is 69.2 Å². The van der Waals surface area contributed by atoms with Crippen LogP contribution in [0.3, 0.4) is 0 Å². The highest BCUT2D eigenvalue weighted by Crippen LogP contribution is 2.35. The van der Waals surface area contributed by atoms with Crippen molar-refractivity contribution < 1.29 is 28.7 Å². The minimum Gasteiger partial charge on any atom is -0.492 e. The number of fused-ring (bicyclic) bond motifs is 16. The van der Waals surface area contributed by atoms with Crippen molar-refractivity contribution in [3.05, 3.63) is 101 Å². The minimum atomic E-state index is -1.05. The van der Waals surface area contributed by atoms with E-state index >= 15 is 0 Å². The minimum absolute atomic E-state index is 0.120. The molecular formula is C38H44N6O6. The number of nitrogens with zero attached hydrogens (tertiary/aromatic N) is 1. The third kappa shape index (κ3) is 8.86. The van der Waals surface area contributed by atoms with Gasteiger partial charge in [-0.3, -0.25) is 28.9 Å². The Balaban J connectivity index is 1.19. The van der Waals surface area contributed by atoms with Crippen molar-refractivity contribution in [3.8, 4) is 5.75 Å². The summed E-state index contributed by atoms with van der Waals surface area (Å²) in [7, 11) is 0. The van der Waals surface area contributed by atoms with Crippen LogP contribution in [0.25, 0.3) is 0 Å². The van der Waals surface area contributed by atoms with Gasteiger partial charge in [0.15, 0.2) is 0 Å². The van der Waals surface area contributed by atoms with Crippen LogP contribution in [0.15, 0.2) is 78.9 Å². The molecule has 3 aromatic rings. The van der Waals surface area contributed by atoms with Crippen LogP contribution < -0.4 is 31.3 Å². The van der Waals surface area contributed by atoms with Crippen LogP contribution in [0.1, 0.15) is 42.0 Å². The molecule has 262 valence electrons. The fourth-order valence-electron chi connectivity index (χ4n) is 6.39. The van der Waals surface area contributed by atoms with Gasteiger partial charge in [0.1, 0.15) is 36.0 Å². The van der Waals surface area contributed by atoms with E-state index in [-0.39, 0.29) is 44.4 Å². The van der Waals surface area contributed by atoms with Gasteiger partial charge in [-0.2, -0.15) is 0 Å². The quantitative estimate of drug-likeness (QED) is 0.253. The van der Waals surface area contributed by atoms with Crippen LogP contribution >= 0.6 is 0 Å². The molecule has 0 unspecified atom stereocenters. The van der Waals surface area contributed by atoms with Gasteiger partial charge < -0.3 is 31.3 Å². The zero-order valence-corrected chi connectivity index (χ0v) is 28.2. The molecule has 3 atom stereocenters. The van der Waals surface area contributed by atoms with Gasteiger partial charge in [0.25, 0.3) is 0 Å². The molecule has 7 rings (SSSR count). The number of amides is 5. The molecule has 2 bridgehead atoms. The number of carbonyl (C=O) groups is 5. The highest BCUT2D eigenvalue weighted by atomic mass is 16.5. The van der Waals surface area contributed by atoms with Crippen molar-refractivity contribution in [1.29, 1.82) is 0 Å². The number of carbonyl (C=O) groups excluding carboxylic acids is 5. The molecule has 3 aromatic carbocycles. The number of rotatable bonds is 5. The fraction of sp³-hybridized carbons (Fsp3) is 0.395. The number of nitrogens with one attached hydrogen (secondary N) is 5. The standard InChI is InChI=1S/C38H44N6O6/c1-25-34(46)42-32(21-26-7-3-2-4-8-26)36(48)43-38(16-17-38)37(49)39-18-20-50-30-13-11-27(12-14-30)22-31(35(47)40-25)41-33(45)24-44-19-15-28-9-5-6-10-29(28)23-44/h2-14,25,31-32H,15-24H2,1H3,(H,39,49)(H,40,47)(H,41,45)(H,42,46)(H,43,48)/t25-,31-,32+/m0/s1. The fourth-order valence-corrected chi connectivity index (χ4v) is 6.39. The molecule has 0 aromatic heterocycles. The van der Waals surface area contributed by atoms with Crippen LogP contribution in [0, 0.1) is 0 Å². The average Bonchev–Trinajstić information content (AvgIpc) is 3.90. The Kier molecular flexibility index (Phi) is 10.8. The molecule has 50 heavy (non-hydrogen) atoms. The second kappa shape index (κ2) is 15.5. The lowest BCUT2D eigenvalue weighted by atomic mass is 10.00. The molecule has 1 fully saturated rings. The maximum absolute atomic E-state index is 13.7. The van der Waals surface area contributed by atoms with E-state index in [1.54, 1.807) is 12.1 Å². The molecular weight excluding hydrogens is 636 g/mol. The lowest BCUT2D eigenvalue weighted by Gasteiger charge is -2.29. The SMILES string of the molecule is C[C@@H]1NC(=O)[C@@H](NC(=O)CN2CCc3ccccc3C2)Cc2ccc(cc2)OCCNC(=O)C2(CC2)NC(=O)[C@@H](Cc2ccccc2)NC1=O. The maximum atomic E-state index is 13.7. The van der Waals surface area contributed by atoms with E-state index in [0.717, 1.165) is 24.1 Å². The third-order valence-corrected chi connectivity index (χ3v) is 9.46. The van der Waals surface area contributed by atoms with Gasteiger partial charge >= 0.3 is 0 Å². The Labute approximate surface area is 291 Å². The average molecular weight is 681 g/mol. The van der Waals surface area contributed by atoms with Crippen molar-refractivity contribution in [2.24, 2.45) is 0 Å². The smallest absolute Gasteiger partial charge is 0.245 e.